The van der Waals surface area contributed by atoms with E-state index in [0.717, 1.165) is 32.1 Å². The first-order chi connectivity index (χ1) is 10.5. The Morgan fingerprint density at radius 1 is 1.25 bits per heavy atom. The van der Waals surface area contributed by atoms with Crippen molar-refractivity contribution in [1.82, 2.24) is 9.47 Å². The molecule has 2 aromatic rings. The fraction of sp³-hybridized carbons (Fsp3) is 0.467. The summed E-state index contributed by atoms with van der Waals surface area (Å²) in [5.41, 5.74) is 6.27. The normalized spacial score (nSPS) is 15.8. The summed E-state index contributed by atoms with van der Waals surface area (Å²) in [7, 11) is 0. The molecule has 0 radical (unpaired) electrons. The van der Waals surface area contributed by atoms with Crippen LogP contribution in [-0.2, 0) is 6.54 Å². The Morgan fingerprint density at radius 2 is 1.92 bits per heavy atom. The van der Waals surface area contributed by atoms with Crippen LogP contribution in [-0.4, -0.2) is 35.1 Å². The minimum atomic E-state index is -0.647. The van der Waals surface area contributed by atoms with Crippen LogP contribution in [0.5, 0.6) is 0 Å². The van der Waals surface area contributed by atoms with E-state index in [1.165, 1.54) is 22.8 Å². The maximum absolute atomic E-state index is 13.5. The highest BCUT2D eigenvalue weighted by Crippen LogP contribution is 2.11. The second-order valence-electron chi connectivity index (χ2n) is 5.76. The van der Waals surface area contributed by atoms with Crippen molar-refractivity contribution < 1.29 is 9.12 Å². The van der Waals surface area contributed by atoms with Crippen molar-refractivity contribution in [2.24, 2.45) is 5.73 Å². The molecule has 0 bridgehead atoms. The van der Waals surface area contributed by atoms with Crippen LogP contribution in [0.3, 0.4) is 0 Å². The van der Waals surface area contributed by atoms with Gasteiger partial charge in [-0.05, 0) is 25.9 Å². The van der Waals surface area contributed by atoms with Crippen molar-refractivity contribution in [3.05, 3.63) is 45.8 Å². The summed E-state index contributed by atoms with van der Waals surface area (Å²) >= 11 is 0. The zero-order chi connectivity index (χ0) is 15.7. The van der Waals surface area contributed by atoms with Gasteiger partial charge in [-0.2, -0.15) is 4.73 Å². The number of piperidine rings is 1. The molecule has 0 aliphatic carbocycles. The van der Waals surface area contributed by atoms with Gasteiger partial charge in [0.1, 0.15) is 5.52 Å². The Kier molecular flexibility index (Phi) is 7.41. The van der Waals surface area contributed by atoms with E-state index in [4.69, 9.17) is 5.73 Å². The van der Waals surface area contributed by atoms with Gasteiger partial charge in [0.25, 0.3) is 5.56 Å². The van der Waals surface area contributed by atoms with Crippen LogP contribution in [0.4, 0.5) is 4.39 Å². The van der Waals surface area contributed by atoms with Gasteiger partial charge >= 0.3 is 0 Å². The van der Waals surface area contributed by atoms with E-state index in [1.807, 2.05) is 0 Å². The largest absolute Gasteiger partial charge is 0.618 e. The number of nitrogens with two attached hydrogens (primary N) is 1. The van der Waals surface area contributed by atoms with E-state index in [9.17, 15) is 14.4 Å². The molecule has 1 saturated heterocycles. The third-order valence-electron chi connectivity index (χ3n) is 4.23. The topological polar surface area (TPSA) is 78.2 Å². The van der Waals surface area contributed by atoms with Gasteiger partial charge in [-0.25, -0.2) is 4.39 Å². The molecule has 9 heteroatoms. The van der Waals surface area contributed by atoms with Crippen LogP contribution in [0.25, 0.3) is 11.0 Å². The first kappa shape index (κ1) is 20.6. The van der Waals surface area contributed by atoms with Gasteiger partial charge in [-0.3, -0.25) is 4.79 Å². The van der Waals surface area contributed by atoms with E-state index >= 15 is 0 Å². The van der Waals surface area contributed by atoms with Crippen LogP contribution in [0.15, 0.2) is 29.2 Å². The predicted molar refractivity (Wildman–Crippen MR) is 95.3 cm³/mol. The van der Waals surface area contributed by atoms with E-state index in [1.54, 1.807) is 0 Å². The average molecular weight is 379 g/mol. The van der Waals surface area contributed by atoms with Crippen molar-refractivity contribution >= 4 is 35.8 Å². The molecule has 1 fully saturated rings. The molecular formula is C15H21Cl2FN4O2. The Morgan fingerprint density at radius 3 is 2.58 bits per heavy atom. The lowest BCUT2D eigenvalue weighted by Crippen LogP contribution is -2.41. The van der Waals surface area contributed by atoms with Crippen LogP contribution < -0.4 is 16.0 Å². The molecular weight excluding hydrogens is 358 g/mol. The first-order valence-electron chi connectivity index (χ1n) is 7.45. The van der Waals surface area contributed by atoms with Crippen LogP contribution in [0.1, 0.15) is 12.8 Å². The minimum Gasteiger partial charge on any atom is -0.618 e. The number of likely N-dealkylation sites (tertiary alicyclic amines) is 1. The second kappa shape index (κ2) is 8.62. The van der Waals surface area contributed by atoms with Crippen molar-refractivity contribution in [2.45, 2.75) is 25.4 Å². The maximum Gasteiger partial charge on any atom is 0.251 e. The average Bonchev–Trinajstić information content (AvgIpc) is 2.47. The van der Waals surface area contributed by atoms with E-state index in [-0.39, 0.29) is 36.4 Å². The molecule has 24 heavy (non-hydrogen) atoms. The summed E-state index contributed by atoms with van der Waals surface area (Å²) < 4.78 is 15.4. The molecule has 0 saturated carbocycles. The summed E-state index contributed by atoms with van der Waals surface area (Å²) in [6.45, 7) is 2.91. The number of fused-ring (bicyclic) bond motifs is 1. The third-order valence-corrected chi connectivity index (χ3v) is 4.23. The summed E-state index contributed by atoms with van der Waals surface area (Å²) in [4.78, 5) is 14.3. The van der Waals surface area contributed by atoms with Gasteiger partial charge in [0, 0.05) is 37.3 Å². The van der Waals surface area contributed by atoms with E-state index < -0.39 is 5.82 Å². The molecule has 2 aromatic heterocycles. The van der Waals surface area contributed by atoms with E-state index in [0.29, 0.717) is 28.9 Å². The van der Waals surface area contributed by atoms with Crippen molar-refractivity contribution in [1.29, 1.82) is 0 Å². The Bertz CT molecular complexity index is 748. The SMILES string of the molecule is Cl.Cl.NC1CCN(CCn2c(=O)ccc3c2cc(F)c[n+]3[O-])CC1. The van der Waals surface area contributed by atoms with Crippen molar-refractivity contribution in [3.63, 3.8) is 0 Å². The van der Waals surface area contributed by atoms with Crippen molar-refractivity contribution in [2.75, 3.05) is 19.6 Å². The quantitative estimate of drug-likeness (QED) is 0.639. The highest BCUT2D eigenvalue weighted by molar-refractivity contribution is 5.85. The fourth-order valence-corrected chi connectivity index (χ4v) is 2.92. The van der Waals surface area contributed by atoms with Crippen molar-refractivity contribution in [3.8, 4) is 0 Å². The molecule has 2 N–H and O–H groups in total. The number of pyridine rings is 2. The molecule has 3 heterocycles. The summed E-state index contributed by atoms with van der Waals surface area (Å²) in [6.07, 6.45) is 2.75. The Hall–Kier alpha value is -1.41. The van der Waals surface area contributed by atoms with Crippen LogP contribution in [0.2, 0.25) is 0 Å². The van der Waals surface area contributed by atoms with Gasteiger partial charge < -0.3 is 20.4 Å². The minimum absolute atomic E-state index is 0. The second-order valence-corrected chi connectivity index (χ2v) is 5.76. The lowest BCUT2D eigenvalue weighted by atomic mass is 10.1. The van der Waals surface area contributed by atoms with Gasteiger partial charge in [0.15, 0.2) is 5.82 Å². The highest BCUT2D eigenvalue weighted by Gasteiger charge is 2.17. The number of hydrogen-bond donors (Lipinski definition) is 1. The number of aromatic nitrogens is 2. The smallest absolute Gasteiger partial charge is 0.251 e. The highest BCUT2D eigenvalue weighted by atomic mass is 35.5. The molecule has 6 nitrogen and oxygen atoms in total. The molecule has 0 atom stereocenters. The van der Waals surface area contributed by atoms with E-state index in [2.05, 4.69) is 4.90 Å². The van der Waals surface area contributed by atoms with Crippen LogP contribution in [0, 0.1) is 11.0 Å². The van der Waals surface area contributed by atoms with Gasteiger partial charge in [0.2, 0.25) is 11.7 Å². The summed E-state index contributed by atoms with van der Waals surface area (Å²) in [5.74, 6) is -0.647. The molecule has 3 rings (SSSR count). The van der Waals surface area contributed by atoms with Crippen LogP contribution >= 0.6 is 24.8 Å². The molecule has 134 valence electrons. The number of rotatable bonds is 3. The standard InChI is InChI=1S/C15H19FN4O2.2ClH/c16-11-9-14-13(20(22)10-11)1-2-15(21)19(14)8-7-18-5-3-12(17)4-6-18;;/h1-2,9-10,12H,3-8,17H2;2*1H. The molecule has 1 aliphatic heterocycles. The molecule has 0 spiro atoms. The molecule has 0 aromatic carbocycles. The Labute approximate surface area is 151 Å². The molecule has 0 amide bonds. The zero-order valence-electron chi connectivity index (χ0n) is 13.1. The summed E-state index contributed by atoms with van der Waals surface area (Å²) in [5, 5.41) is 11.7. The third kappa shape index (κ3) is 4.36. The number of hydrogen-bond acceptors (Lipinski definition) is 4. The molecule has 0 unspecified atom stereocenters. The molecule has 1 aliphatic rings. The zero-order valence-corrected chi connectivity index (χ0v) is 14.7. The van der Waals surface area contributed by atoms with Gasteiger partial charge in [-0.15, -0.1) is 24.8 Å². The van der Waals surface area contributed by atoms with Gasteiger partial charge in [-0.1, -0.05) is 0 Å². The monoisotopic (exact) mass is 378 g/mol. The number of nitrogens with zero attached hydrogens (tertiary/aromatic N) is 3. The van der Waals surface area contributed by atoms with Gasteiger partial charge in [0.05, 0.1) is 0 Å². The lowest BCUT2D eigenvalue weighted by molar-refractivity contribution is -0.578. The Balaban J connectivity index is 0.00000144. The first-order valence-corrected chi connectivity index (χ1v) is 7.45. The fourth-order valence-electron chi connectivity index (χ4n) is 2.92. The maximum atomic E-state index is 13.5. The predicted octanol–water partition coefficient (Wildman–Crippen LogP) is 1.04. The summed E-state index contributed by atoms with van der Waals surface area (Å²) in [6, 6.07) is 4.27. The number of halogens is 3. The lowest BCUT2D eigenvalue weighted by Gasteiger charge is -2.30.